The Balaban J connectivity index is 3.56. The number of benzene rings is 1. The van der Waals surface area contributed by atoms with E-state index in [1.807, 2.05) is 0 Å². The van der Waals surface area contributed by atoms with Gasteiger partial charge in [0.05, 0.1) is 29.9 Å². The molecule has 0 amide bonds. The van der Waals surface area contributed by atoms with Gasteiger partial charge in [0.2, 0.25) is 0 Å². The molecule has 0 spiro atoms. The lowest BCUT2D eigenvalue weighted by molar-refractivity contribution is -0.138. The highest BCUT2D eigenvalue weighted by Gasteiger charge is 2.37. The molecule has 0 aliphatic heterocycles. The van der Waals surface area contributed by atoms with E-state index in [-0.39, 0.29) is 11.1 Å². The number of ether oxygens (including phenoxy) is 1. The van der Waals surface area contributed by atoms with E-state index >= 15 is 0 Å². The van der Waals surface area contributed by atoms with Crippen LogP contribution in [0.5, 0.6) is 0 Å². The van der Waals surface area contributed by atoms with E-state index in [1.165, 1.54) is 6.07 Å². The summed E-state index contributed by atoms with van der Waals surface area (Å²) in [6.07, 6.45) is -4.68. The molecule has 0 aliphatic carbocycles. The molecule has 0 N–H and O–H groups in total. The highest BCUT2D eigenvalue weighted by atomic mass is 19.4. The molecule has 6 heteroatoms. The molecule has 17 heavy (non-hydrogen) atoms. The SMILES string of the molecule is COC(=O)c1ccc(C#N)c(C(F)(F)F)c1C. The zero-order valence-electron chi connectivity index (χ0n) is 9.05. The molecule has 0 atom stereocenters. The lowest BCUT2D eigenvalue weighted by atomic mass is 9.97. The molecule has 0 fully saturated rings. The van der Waals surface area contributed by atoms with Gasteiger partial charge in [0.25, 0.3) is 0 Å². The van der Waals surface area contributed by atoms with Gasteiger partial charge in [-0.25, -0.2) is 4.79 Å². The molecule has 3 nitrogen and oxygen atoms in total. The largest absolute Gasteiger partial charge is 0.465 e. The number of carbonyl (C=O) groups is 1. The van der Waals surface area contributed by atoms with E-state index in [9.17, 15) is 18.0 Å². The predicted molar refractivity (Wildman–Crippen MR) is 52.2 cm³/mol. The van der Waals surface area contributed by atoms with E-state index in [4.69, 9.17) is 5.26 Å². The predicted octanol–water partition coefficient (Wildman–Crippen LogP) is 2.67. The standard InChI is InChI=1S/C11H8F3NO2/c1-6-8(10(16)17-2)4-3-7(5-15)9(6)11(12,13)14/h3-4H,1-2H3. The van der Waals surface area contributed by atoms with Crippen LogP contribution >= 0.6 is 0 Å². The summed E-state index contributed by atoms with van der Waals surface area (Å²) in [7, 11) is 1.08. The minimum absolute atomic E-state index is 0.196. The Hall–Kier alpha value is -2.03. The third-order valence-corrected chi connectivity index (χ3v) is 2.27. The molecule has 1 aromatic carbocycles. The first-order valence-electron chi connectivity index (χ1n) is 4.52. The maximum absolute atomic E-state index is 12.7. The minimum Gasteiger partial charge on any atom is -0.465 e. The number of hydrogen-bond donors (Lipinski definition) is 0. The first-order valence-corrected chi connectivity index (χ1v) is 4.52. The summed E-state index contributed by atoms with van der Waals surface area (Å²) < 4.78 is 42.6. The van der Waals surface area contributed by atoms with Gasteiger partial charge in [-0.2, -0.15) is 18.4 Å². The number of hydrogen-bond acceptors (Lipinski definition) is 3. The number of alkyl halides is 3. The number of carbonyl (C=O) groups excluding carboxylic acids is 1. The average molecular weight is 243 g/mol. The van der Waals surface area contributed by atoms with Crippen LogP contribution in [-0.4, -0.2) is 13.1 Å². The van der Waals surface area contributed by atoms with E-state index in [0.717, 1.165) is 26.2 Å². The van der Waals surface area contributed by atoms with Gasteiger partial charge < -0.3 is 4.74 Å². The molecular formula is C11H8F3NO2. The summed E-state index contributed by atoms with van der Waals surface area (Å²) in [6.45, 7) is 1.13. The van der Waals surface area contributed by atoms with Crippen molar-refractivity contribution in [3.05, 3.63) is 34.4 Å². The monoisotopic (exact) mass is 243 g/mol. The molecule has 1 aromatic rings. The third-order valence-electron chi connectivity index (χ3n) is 2.27. The van der Waals surface area contributed by atoms with Gasteiger partial charge in [0.15, 0.2) is 0 Å². The Morgan fingerprint density at radius 1 is 1.41 bits per heavy atom. The van der Waals surface area contributed by atoms with Crippen molar-refractivity contribution >= 4 is 5.97 Å². The van der Waals surface area contributed by atoms with Crippen molar-refractivity contribution in [3.8, 4) is 6.07 Å². The molecule has 0 saturated carbocycles. The Morgan fingerprint density at radius 2 is 2.00 bits per heavy atom. The van der Waals surface area contributed by atoms with Crippen LogP contribution in [-0.2, 0) is 10.9 Å². The lowest BCUT2D eigenvalue weighted by Crippen LogP contribution is -2.14. The van der Waals surface area contributed by atoms with Crippen LogP contribution in [0.25, 0.3) is 0 Å². The first kappa shape index (κ1) is 13.0. The Labute approximate surface area is 95.4 Å². The second kappa shape index (κ2) is 4.45. The van der Waals surface area contributed by atoms with Crippen molar-refractivity contribution in [1.82, 2.24) is 0 Å². The van der Waals surface area contributed by atoms with E-state index < -0.39 is 23.3 Å². The van der Waals surface area contributed by atoms with Crippen LogP contribution in [0.3, 0.4) is 0 Å². The van der Waals surface area contributed by atoms with Crippen molar-refractivity contribution in [2.75, 3.05) is 7.11 Å². The fraction of sp³-hybridized carbons (Fsp3) is 0.273. The summed E-state index contributed by atoms with van der Waals surface area (Å²) in [6, 6.07) is 3.56. The quantitative estimate of drug-likeness (QED) is 0.712. The van der Waals surface area contributed by atoms with E-state index in [1.54, 1.807) is 0 Å². The smallest absolute Gasteiger partial charge is 0.417 e. The van der Waals surface area contributed by atoms with Crippen LogP contribution in [0.15, 0.2) is 12.1 Å². The fourth-order valence-corrected chi connectivity index (χ4v) is 1.50. The number of halogens is 3. The van der Waals surface area contributed by atoms with Crippen molar-refractivity contribution in [3.63, 3.8) is 0 Å². The molecule has 0 heterocycles. The van der Waals surface area contributed by atoms with Gasteiger partial charge in [0.1, 0.15) is 0 Å². The van der Waals surface area contributed by atoms with Gasteiger partial charge in [-0.3, -0.25) is 0 Å². The number of nitrogens with zero attached hydrogens (tertiary/aromatic N) is 1. The van der Waals surface area contributed by atoms with Crippen LogP contribution in [0.1, 0.15) is 27.0 Å². The summed E-state index contributed by atoms with van der Waals surface area (Å²) in [4.78, 5) is 11.2. The normalized spacial score (nSPS) is 10.8. The number of nitriles is 1. The first-order chi connectivity index (χ1) is 7.82. The molecule has 0 saturated heterocycles. The molecule has 0 aliphatic rings. The minimum atomic E-state index is -4.68. The van der Waals surface area contributed by atoms with Gasteiger partial charge in [-0.05, 0) is 24.6 Å². The van der Waals surface area contributed by atoms with Crippen molar-refractivity contribution in [1.29, 1.82) is 5.26 Å². The summed E-state index contributed by atoms with van der Waals surface area (Å²) >= 11 is 0. The van der Waals surface area contributed by atoms with Crippen LogP contribution < -0.4 is 0 Å². The summed E-state index contributed by atoms with van der Waals surface area (Å²) in [5.41, 5.74) is -2.10. The molecule has 0 unspecified atom stereocenters. The highest BCUT2D eigenvalue weighted by molar-refractivity contribution is 5.91. The fourth-order valence-electron chi connectivity index (χ4n) is 1.50. The second-order valence-electron chi connectivity index (χ2n) is 3.26. The molecule has 0 aromatic heterocycles. The van der Waals surface area contributed by atoms with Crippen molar-refractivity contribution in [2.24, 2.45) is 0 Å². The number of methoxy groups -OCH3 is 1. The van der Waals surface area contributed by atoms with Crippen molar-refractivity contribution < 1.29 is 22.7 Å². The van der Waals surface area contributed by atoms with Crippen LogP contribution in [0, 0.1) is 18.3 Å². The summed E-state index contributed by atoms with van der Waals surface area (Å²) in [5.74, 6) is -0.863. The third kappa shape index (κ3) is 2.38. The van der Waals surface area contributed by atoms with Gasteiger partial charge in [-0.15, -0.1) is 0 Å². The molecule has 1 rings (SSSR count). The maximum atomic E-state index is 12.7. The average Bonchev–Trinajstić information content (AvgIpc) is 2.25. The Morgan fingerprint density at radius 3 is 2.41 bits per heavy atom. The zero-order chi connectivity index (χ0) is 13.2. The van der Waals surface area contributed by atoms with Gasteiger partial charge in [-0.1, -0.05) is 0 Å². The number of esters is 1. The van der Waals surface area contributed by atoms with E-state index in [0.29, 0.717) is 0 Å². The van der Waals surface area contributed by atoms with E-state index in [2.05, 4.69) is 4.74 Å². The highest BCUT2D eigenvalue weighted by Crippen LogP contribution is 2.35. The summed E-state index contributed by atoms with van der Waals surface area (Å²) in [5, 5.41) is 8.63. The topological polar surface area (TPSA) is 50.1 Å². The Bertz CT molecular complexity index is 501. The van der Waals surface area contributed by atoms with Gasteiger partial charge >= 0.3 is 12.1 Å². The Kier molecular flexibility index (Phi) is 3.42. The maximum Gasteiger partial charge on any atom is 0.417 e. The van der Waals surface area contributed by atoms with Crippen LogP contribution in [0.4, 0.5) is 13.2 Å². The zero-order valence-corrected chi connectivity index (χ0v) is 9.05. The van der Waals surface area contributed by atoms with Gasteiger partial charge in [0, 0.05) is 0 Å². The van der Waals surface area contributed by atoms with Crippen molar-refractivity contribution in [2.45, 2.75) is 13.1 Å². The molecule has 90 valence electrons. The van der Waals surface area contributed by atoms with Crippen LogP contribution in [0.2, 0.25) is 0 Å². The number of rotatable bonds is 1. The molecular weight excluding hydrogens is 235 g/mol. The lowest BCUT2D eigenvalue weighted by Gasteiger charge is -2.14. The molecule has 0 radical (unpaired) electrons. The molecule has 0 bridgehead atoms. The second-order valence-corrected chi connectivity index (χ2v) is 3.26.